The summed E-state index contributed by atoms with van der Waals surface area (Å²) < 4.78 is 57.7. The van der Waals surface area contributed by atoms with E-state index in [1.165, 1.54) is 18.9 Å². The van der Waals surface area contributed by atoms with E-state index in [9.17, 15) is 17.6 Å². The van der Waals surface area contributed by atoms with Gasteiger partial charge in [-0.25, -0.2) is 32.2 Å². The summed E-state index contributed by atoms with van der Waals surface area (Å²) in [5, 5.41) is 7.38. The van der Waals surface area contributed by atoms with E-state index in [1.54, 1.807) is 17.9 Å². The van der Waals surface area contributed by atoms with Crippen LogP contribution in [0.3, 0.4) is 0 Å². The lowest BCUT2D eigenvalue weighted by Gasteiger charge is -2.12. The Bertz CT molecular complexity index is 1460. The molecular weight excluding hydrogens is 482 g/mol. The van der Waals surface area contributed by atoms with Gasteiger partial charge in [0, 0.05) is 19.3 Å². The summed E-state index contributed by atoms with van der Waals surface area (Å²) in [5.74, 6) is -3.36. The van der Waals surface area contributed by atoms with Gasteiger partial charge in [-0.1, -0.05) is 6.92 Å². The minimum atomic E-state index is -3.86. The third kappa shape index (κ3) is 5.26. The van der Waals surface area contributed by atoms with E-state index in [0.717, 1.165) is 12.1 Å². The number of fused-ring (bicyclic) bond motifs is 1. The lowest BCUT2D eigenvalue weighted by Crippen LogP contribution is -2.18. The molecule has 0 aliphatic heterocycles. The maximum Gasteiger partial charge on any atom is 0.232 e. The lowest BCUT2D eigenvalue weighted by atomic mass is 10.0. The van der Waals surface area contributed by atoms with Crippen LogP contribution in [0.4, 0.5) is 20.3 Å². The van der Waals surface area contributed by atoms with Crippen LogP contribution in [0, 0.1) is 11.6 Å². The van der Waals surface area contributed by atoms with Gasteiger partial charge in [-0.2, -0.15) is 5.10 Å². The molecule has 1 aromatic carbocycles. The molecule has 0 radical (unpaired) electrons. The number of aryl methyl sites for hydroxylation is 1. The Balaban J connectivity index is 1.63. The zero-order valence-electron chi connectivity index (χ0n) is 18.6. The zero-order valence-corrected chi connectivity index (χ0v) is 19.4. The molecule has 0 aliphatic rings. The number of aromatic amines is 1. The van der Waals surface area contributed by atoms with Crippen molar-refractivity contribution in [2.24, 2.45) is 0 Å². The highest BCUT2D eigenvalue weighted by Gasteiger charge is 2.27. The van der Waals surface area contributed by atoms with Crippen LogP contribution < -0.4 is 10.0 Å². The van der Waals surface area contributed by atoms with Crippen molar-refractivity contribution >= 4 is 38.3 Å². The van der Waals surface area contributed by atoms with Crippen LogP contribution in [0.15, 0.2) is 37.3 Å². The minimum Gasteiger partial charge on any atom is -0.369 e. The van der Waals surface area contributed by atoms with Crippen molar-refractivity contribution < 1.29 is 22.0 Å². The number of H-pyrrole nitrogens is 1. The summed E-state index contributed by atoms with van der Waals surface area (Å²) in [7, 11) is -3.86. The topological polar surface area (TPSA) is 148 Å². The van der Waals surface area contributed by atoms with Crippen molar-refractivity contribution in [3.05, 3.63) is 60.1 Å². The van der Waals surface area contributed by atoms with Crippen molar-refractivity contribution in [1.29, 1.82) is 0 Å². The average Bonchev–Trinajstić information content (AvgIpc) is 3.49. The Morgan fingerprint density at radius 2 is 2.03 bits per heavy atom. The number of anilines is 2. The van der Waals surface area contributed by atoms with Crippen LogP contribution in [-0.4, -0.2) is 56.2 Å². The maximum atomic E-state index is 15.2. The van der Waals surface area contributed by atoms with Crippen LogP contribution in [0.5, 0.6) is 0 Å². The third-order valence-corrected chi connectivity index (χ3v) is 6.57. The Kier molecular flexibility index (Phi) is 7.00. The second-order valence-electron chi connectivity index (χ2n) is 7.62. The number of sulfonamides is 1. The molecule has 35 heavy (non-hydrogen) atoms. The quantitative estimate of drug-likeness (QED) is 0.209. The Morgan fingerprint density at radius 1 is 1.20 bits per heavy atom. The van der Waals surface area contributed by atoms with E-state index in [0.29, 0.717) is 37.4 Å². The number of hydrogen-bond acceptors (Lipinski definition) is 8. The molecule has 0 amide bonds. The van der Waals surface area contributed by atoms with E-state index in [2.05, 4.69) is 35.1 Å². The molecule has 0 saturated carbocycles. The maximum absolute atomic E-state index is 15.2. The monoisotopic (exact) mass is 504 g/mol. The highest BCUT2D eigenvalue weighted by Crippen LogP contribution is 2.29. The molecule has 0 unspecified atom stereocenters. The predicted octanol–water partition coefficient (Wildman–Crippen LogP) is 2.71. The normalized spacial score (nSPS) is 11.6. The molecule has 3 heterocycles. The summed E-state index contributed by atoms with van der Waals surface area (Å²) in [6.07, 6.45) is 6.55. The molecule has 3 N–H and O–H groups in total. The largest absolute Gasteiger partial charge is 0.369 e. The van der Waals surface area contributed by atoms with E-state index < -0.39 is 38.7 Å². The van der Waals surface area contributed by atoms with Gasteiger partial charge in [0.15, 0.2) is 5.82 Å². The Morgan fingerprint density at radius 3 is 2.77 bits per heavy atom. The molecule has 4 aromatic rings. The fourth-order valence-corrected chi connectivity index (χ4v) is 4.67. The number of carbonyl (C=O) groups is 1. The minimum absolute atomic E-state index is 0.0641. The molecule has 11 nitrogen and oxygen atoms in total. The lowest BCUT2D eigenvalue weighted by molar-refractivity contribution is 0.103. The second-order valence-corrected chi connectivity index (χ2v) is 9.46. The zero-order chi connectivity index (χ0) is 25.0. The van der Waals surface area contributed by atoms with Crippen molar-refractivity contribution in [1.82, 2.24) is 29.7 Å². The van der Waals surface area contributed by atoms with Crippen molar-refractivity contribution in [2.45, 2.75) is 26.3 Å². The molecule has 0 bridgehead atoms. The van der Waals surface area contributed by atoms with E-state index in [-0.39, 0.29) is 16.7 Å². The van der Waals surface area contributed by atoms with Gasteiger partial charge in [0.05, 0.1) is 28.0 Å². The number of nitrogens with one attached hydrogen (secondary N) is 3. The van der Waals surface area contributed by atoms with Crippen molar-refractivity contribution in [2.75, 3.05) is 22.3 Å². The molecule has 0 fully saturated rings. The summed E-state index contributed by atoms with van der Waals surface area (Å²) >= 11 is 0. The molecule has 4 rings (SSSR count). The summed E-state index contributed by atoms with van der Waals surface area (Å²) in [6.45, 7) is 2.70. The number of ketones is 1. The van der Waals surface area contributed by atoms with Gasteiger partial charge in [-0.3, -0.25) is 14.2 Å². The number of hydrogen-bond donors (Lipinski definition) is 3. The van der Waals surface area contributed by atoms with Gasteiger partial charge in [-0.15, -0.1) is 0 Å². The molecule has 3 aromatic heterocycles. The molecule has 184 valence electrons. The average molecular weight is 505 g/mol. The highest BCUT2D eigenvalue weighted by molar-refractivity contribution is 7.92. The van der Waals surface area contributed by atoms with Gasteiger partial charge < -0.3 is 10.3 Å². The summed E-state index contributed by atoms with van der Waals surface area (Å²) in [4.78, 5) is 28.2. The van der Waals surface area contributed by atoms with Gasteiger partial charge >= 0.3 is 0 Å². The first-order chi connectivity index (χ1) is 16.8. The van der Waals surface area contributed by atoms with Gasteiger partial charge in [-0.05, 0) is 25.0 Å². The SMILES string of the molecule is CCCS(=O)(=O)Nc1ccc(F)c(C(=O)c2c[nH]c3ncnc(NCCCn4cncn4)c23)c1F. The Labute approximate surface area is 199 Å². The first-order valence-corrected chi connectivity index (χ1v) is 12.4. The molecule has 14 heteroatoms. The van der Waals surface area contributed by atoms with Gasteiger partial charge in [0.25, 0.3) is 0 Å². The number of halogens is 2. The second kappa shape index (κ2) is 10.1. The first kappa shape index (κ1) is 24.2. The standard InChI is InChI=1S/C21H22F2N8O3S/c1-2-8-35(33,34)30-15-5-4-14(22)17(18(15)23)19(32)13-9-26-21-16(13)20(27-11-28-21)25-6-3-7-31-12-24-10-29-31/h4-5,9-12,30H,2-3,6-8H2,1H3,(H2,25,26,27,28). The fourth-order valence-electron chi connectivity index (χ4n) is 3.53. The van der Waals surface area contributed by atoms with E-state index in [1.807, 2.05) is 0 Å². The third-order valence-electron chi connectivity index (χ3n) is 5.09. The molecule has 0 aliphatic carbocycles. The van der Waals surface area contributed by atoms with Crippen LogP contribution in [0.2, 0.25) is 0 Å². The summed E-state index contributed by atoms with van der Waals surface area (Å²) in [5.41, 5.74) is -1.16. The van der Waals surface area contributed by atoms with E-state index >= 15 is 4.39 Å². The predicted molar refractivity (Wildman–Crippen MR) is 125 cm³/mol. The van der Waals surface area contributed by atoms with Crippen molar-refractivity contribution in [3.63, 3.8) is 0 Å². The highest BCUT2D eigenvalue weighted by atomic mass is 32.2. The Hall–Kier alpha value is -3.94. The van der Waals surface area contributed by atoms with Gasteiger partial charge in [0.1, 0.15) is 36.3 Å². The van der Waals surface area contributed by atoms with E-state index in [4.69, 9.17) is 0 Å². The number of benzene rings is 1. The number of aromatic nitrogens is 6. The number of rotatable bonds is 11. The molecule has 0 atom stereocenters. The number of carbonyl (C=O) groups excluding carboxylic acids is 1. The summed E-state index contributed by atoms with van der Waals surface area (Å²) in [6, 6.07) is 1.78. The fraction of sp³-hybridized carbons (Fsp3) is 0.286. The smallest absolute Gasteiger partial charge is 0.232 e. The molecular formula is C21H22F2N8O3S. The first-order valence-electron chi connectivity index (χ1n) is 10.7. The van der Waals surface area contributed by atoms with Crippen LogP contribution >= 0.6 is 0 Å². The van der Waals surface area contributed by atoms with Crippen molar-refractivity contribution in [3.8, 4) is 0 Å². The van der Waals surface area contributed by atoms with Crippen LogP contribution in [0.1, 0.15) is 35.7 Å². The van der Waals surface area contributed by atoms with Crippen LogP contribution in [0.25, 0.3) is 11.0 Å². The van der Waals surface area contributed by atoms with Crippen LogP contribution in [-0.2, 0) is 16.6 Å². The molecule has 0 saturated heterocycles. The van der Waals surface area contributed by atoms with Gasteiger partial charge in [0.2, 0.25) is 15.8 Å². The number of nitrogens with zero attached hydrogens (tertiary/aromatic N) is 5. The molecule has 0 spiro atoms.